The molecule has 0 aliphatic carbocycles. The number of hydrogen-bond acceptors (Lipinski definition) is 2. The highest BCUT2D eigenvalue weighted by Gasteiger charge is 2.11. The Morgan fingerprint density at radius 2 is 2.31 bits per heavy atom. The van der Waals surface area contributed by atoms with Gasteiger partial charge in [0.1, 0.15) is 0 Å². The molecular formula is C12H17NO2S. The predicted molar refractivity (Wildman–Crippen MR) is 65.8 cm³/mol. The van der Waals surface area contributed by atoms with E-state index in [-0.39, 0.29) is 0 Å². The van der Waals surface area contributed by atoms with Crippen molar-refractivity contribution in [2.24, 2.45) is 0 Å². The van der Waals surface area contributed by atoms with Crippen molar-refractivity contribution in [1.82, 2.24) is 5.32 Å². The van der Waals surface area contributed by atoms with Gasteiger partial charge in [-0.05, 0) is 42.5 Å². The van der Waals surface area contributed by atoms with Crippen molar-refractivity contribution in [2.75, 3.05) is 12.3 Å². The van der Waals surface area contributed by atoms with Gasteiger partial charge in [0.2, 0.25) is 0 Å². The SMILES string of the molecule is O=S(O)CCCc1cccc2c1CCNC2. The van der Waals surface area contributed by atoms with Crippen molar-refractivity contribution in [2.45, 2.75) is 25.8 Å². The molecule has 3 nitrogen and oxygen atoms in total. The number of aryl methyl sites for hydroxylation is 1. The fourth-order valence-electron chi connectivity index (χ4n) is 2.23. The van der Waals surface area contributed by atoms with Crippen LogP contribution in [0.4, 0.5) is 0 Å². The van der Waals surface area contributed by atoms with Gasteiger partial charge in [-0.15, -0.1) is 0 Å². The van der Waals surface area contributed by atoms with Crippen LogP contribution in [0.5, 0.6) is 0 Å². The molecule has 1 aromatic rings. The molecule has 1 unspecified atom stereocenters. The smallest absolute Gasteiger partial charge is 0.152 e. The first kappa shape index (κ1) is 11.8. The van der Waals surface area contributed by atoms with Crippen LogP contribution in [-0.2, 0) is 30.5 Å². The third kappa shape index (κ3) is 2.90. The molecule has 0 saturated heterocycles. The lowest BCUT2D eigenvalue weighted by Gasteiger charge is -2.20. The Bertz CT molecular complexity index is 393. The van der Waals surface area contributed by atoms with Gasteiger partial charge < -0.3 is 9.87 Å². The van der Waals surface area contributed by atoms with E-state index in [1.54, 1.807) is 0 Å². The molecule has 16 heavy (non-hydrogen) atoms. The van der Waals surface area contributed by atoms with Crippen molar-refractivity contribution >= 4 is 11.1 Å². The summed E-state index contributed by atoms with van der Waals surface area (Å²) in [7, 11) is 0. The molecule has 0 bridgehead atoms. The number of hydrogen-bond donors (Lipinski definition) is 2. The van der Waals surface area contributed by atoms with E-state index in [1.165, 1.54) is 16.7 Å². The second-order valence-electron chi connectivity index (χ2n) is 4.11. The van der Waals surface area contributed by atoms with Crippen molar-refractivity contribution < 1.29 is 8.76 Å². The highest BCUT2D eigenvalue weighted by Crippen LogP contribution is 2.19. The van der Waals surface area contributed by atoms with E-state index in [0.717, 1.165) is 32.4 Å². The van der Waals surface area contributed by atoms with Crippen LogP contribution in [0, 0.1) is 0 Å². The predicted octanol–water partition coefficient (Wildman–Crippen LogP) is 1.49. The summed E-state index contributed by atoms with van der Waals surface area (Å²) in [5.74, 6) is 0.377. The van der Waals surface area contributed by atoms with Gasteiger partial charge in [0.05, 0.1) is 0 Å². The third-order valence-electron chi connectivity index (χ3n) is 3.00. The molecule has 0 fully saturated rings. The highest BCUT2D eigenvalue weighted by molar-refractivity contribution is 7.79. The standard InChI is InChI=1S/C12H17NO2S/c14-16(15)8-2-5-10-3-1-4-11-9-13-7-6-12(10)11/h1,3-4,13H,2,5-9H2,(H,14,15). The fraction of sp³-hybridized carbons (Fsp3) is 0.500. The molecule has 1 aliphatic heterocycles. The topological polar surface area (TPSA) is 49.3 Å². The summed E-state index contributed by atoms with van der Waals surface area (Å²) in [6.07, 6.45) is 2.77. The van der Waals surface area contributed by atoms with E-state index in [2.05, 4.69) is 23.5 Å². The minimum absolute atomic E-state index is 0.377. The largest absolute Gasteiger partial charge is 0.312 e. The Morgan fingerprint density at radius 3 is 3.12 bits per heavy atom. The summed E-state index contributed by atoms with van der Waals surface area (Å²) in [4.78, 5) is 0. The number of rotatable bonds is 4. The Kier molecular flexibility index (Phi) is 4.09. The van der Waals surface area contributed by atoms with Gasteiger partial charge in [-0.1, -0.05) is 18.2 Å². The molecule has 2 N–H and O–H groups in total. The average molecular weight is 239 g/mol. The quantitative estimate of drug-likeness (QED) is 0.783. The first-order valence-electron chi connectivity index (χ1n) is 5.65. The number of nitrogens with one attached hydrogen (secondary N) is 1. The Morgan fingerprint density at radius 1 is 1.44 bits per heavy atom. The minimum atomic E-state index is -1.65. The summed E-state index contributed by atoms with van der Waals surface area (Å²) in [5.41, 5.74) is 4.18. The fourth-order valence-corrected chi connectivity index (χ4v) is 2.62. The molecule has 0 radical (unpaired) electrons. The maximum atomic E-state index is 10.6. The van der Waals surface area contributed by atoms with Gasteiger partial charge >= 0.3 is 0 Å². The van der Waals surface area contributed by atoms with Crippen molar-refractivity contribution in [1.29, 1.82) is 0 Å². The Hall–Kier alpha value is -0.710. The summed E-state index contributed by atoms with van der Waals surface area (Å²) in [5, 5.41) is 3.35. The molecule has 1 aromatic carbocycles. The molecule has 0 aromatic heterocycles. The summed E-state index contributed by atoms with van der Waals surface area (Å²) in [6.45, 7) is 1.99. The first-order chi connectivity index (χ1) is 7.77. The second-order valence-corrected chi connectivity index (χ2v) is 5.16. The zero-order valence-corrected chi connectivity index (χ0v) is 10.1. The molecule has 0 amide bonds. The van der Waals surface area contributed by atoms with Crippen molar-refractivity contribution in [3.05, 3.63) is 34.9 Å². The van der Waals surface area contributed by atoms with E-state index in [1.807, 2.05) is 0 Å². The van der Waals surface area contributed by atoms with Gasteiger partial charge in [-0.25, -0.2) is 4.21 Å². The van der Waals surface area contributed by atoms with E-state index in [0.29, 0.717) is 5.75 Å². The summed E-state index contributed by atoms with van der Waals surface area (Å²) < 4.78 is 19.3. The number of fused-ring (bicyclic) bond motifs is 1. The van der Waals surface area contributed by atoms with E-state index < -0.39 is 11.1 Å². The zero-order chi connectivity index (χ0) is 11.4. The lowest BCUT2D eigenvalue weighted by molar-refractivity contribution is 0.561. The Labute approximate surface area is 98.5 Å². The van der Waals surface area contributed by atoms with E-state index in [9.17, 15) is 4.21 Å². The maximum absolute atomic E-state index is 10.6. The van der Waals surface area contributed by atoms with Gasteiger partial charge in [-0.3, -0.25) is 0 Å². The molecule has 1 atom stereocenters. The van der Waals surface area contributed by atoms with E-state index >= 15 is 0 Å². The molecule has 0 saturated carbocycles. The molecular weight excluding hydrogens is 222 g/mol. The van der Waals surface area contributed by atoms with Crippen LogP contribution in [0.3, 0.4) is 0 Å². The van der Waals surface area contributed by atoms with Crippen LogP contribution in [0.2, 0.25) is 0 Å². The lowest BCUT2D eigenvalue weighted by Crippen LogP contribution is -2.24. The van der Waals surface area contributed by atoms with Crippen LogP contribution in [0.1, 0.15) is 23.1 Å². The van der Waals surface area contributed by atoms with Crippen LogP contribution in [0.15, 0.2) is 18.2 Å². The van der Waals surface area contributed by atoms with Crippen LogP contribution < -0.4 is 5.32 Å². The monoisotopic (exact) mass is 239 g/mol. The van der Waals surface area contributed by atoms with Gasteiger partial charge in [-0.2, -0.15) is 0 Å². The van der Waals surface area contributed by atoms with Gasteiger partial charge in [0.25, 0.3) is 0 Å². The minimum Gasteiger partial charge on any atom is -0.312 e. The second kappa shape index (κ2) is 5.57. The van der Waals surface area contributed by atoms with Crippen LogP contribution in [-0.4, -0.2) is 21.1 Å². The molecule has 1 aliphatic rings. The van der Waals surface area contributed by atoms with Crippen molar-refractivity contribution in [3.8, 4) is 0 Å². The molecule has 1 heterocycles. The molecule has 88 valence electrons. The lowest BCUT2D eigenvalue weighted by atomic mass is 9.93. The van der Waals surface area contributed by atoms with Gasteiger partial charge in [0, 0.05) is 12.3 Å². The normalized spacial score (nSPS) is 16.8. The third-order valence-corrected chi connectivity index (χ3v) is 3.64. The van der Waals surface area contributed by atoms with E-state index in [4.69, 9.17) is 4.55 Å². The highest BCUT2D eigenvalue weighted by atomic mass is 32.2. The summed E-state index contributed by atoms with van der Waals surface area (Å²) >= 11 is -1.65. The van der Waals surface area contributed by atoms with Gasteiger partial charge in [0.15, 0.2) is 11.1 Å². The zero-order valence-electron chi connectivity index (χ0n) is 9.24. The van der Waals surface area contributed by atoms with Crippen LogP contribution in [0.25, 0.3) is 0 Å². The van der Waals surface area contributed by atoms with Crippen LogP contribution >= 0.6 is 0 Å². The number of benzene rings is 1. The maximum Gasteiger partial charge on any atom is 0.152 e. The average Bonchev–Trinajstić information content (AvgIpc) is 2.29. The first-order valence-corrected chi connectivity index (χ1v) is 6.93. The summed E-state index contributed by atoms with van der Waals surface area (Å²) in [6, 6.07) is 6.39. The Balaban J connectivity index is 2.05. The van der Waals surface area contributed by atoms with Crippen molar-refractivity contribution in [3.63, 3.8) is 0 Å². The molecule has 0 spiro atoms. The molecule has 2 rings (SSSR count). The molecule has 4 heteroatoms.